The lowest BCUT2D eigenvalue weighted by Crippen LogP contribution is -2.35. The van der Waals surface area contributed by atoms with Gasteiger partial charge in [0.15, 0.2) is 5.84 Å². The van der Waals surface area contributed by atoms with Crippen LogP contribution in [0.15, 0.2) is 82.7 Å². The number of benzene rings is 2. The van der Waals surface area contributed by atoms with Crippen molar-refractivity contribution >= 4 is 39.8 Å². The quantitative estimate of drug-likeness (QED) is 0.329. The number of ether oxygens (including phenoxy) is 2. The first-order chi connectivity index (χ1) is 18.0. The van der Waals surface area contributed by atoms with Crippen LogP contribution in [0.3, 0.4) is 0 Å². The van der Waals surface area contributed by atoms with Crippen molar-refractivity contribution < 1.29 is 14.3 Å². The maximum absolute atomic E-state index is 12.7. The molecule has 3 heterocycles. The Morgan fingerprint density at radius 3 is 2.49 bits per heavy atom. The van der Waals surface area contributed by atoms with Gasteiger partial charge in [-0.1, -0.05) is 18.2 Å². The van der Waals surface area contributed by atoms with E-state index in [9.17, 15) is 4.79 Å². The molecule has 1 N–H and O–H groups in total. The third-order valence-electron chi connectivity index (χ3n) is 5.86. The van der Waals surface area contributed by atoms with E-state index in [1.165, 1.54) is 27.9 Å². The second-order valence-corrected chi connectivity index (χ2v) is 9.49. The molecule has 0 bridgehead atoms. The van der Waals surface area contributed by atoms with E-state index in [1.54, 1.807) is 18.5 Å². The van der Waals surface area contributed by atoms with Crippen molar-refractivity contribution in [3.05, 3.63) is 94.8 Å². The average molecular weight is 512 g/mol. The highest BCUT2D eigenvalue weighted by atomic mass is 32.2. The van der Waals surface area contributed by atoms with E-state index in [0.717, 1.165) is 29.0 Å². The lowest BCUT2D eigenvalue weighted by Gasteiger charge is -2.20. The van der Waals surface area contributed by atoms with Crippen LogP contribution in [-0.2, 0) is 4.79 Å². The van der Waals surface area contributed by atoms with Gasteiger partial charge in [-0.25, -0.2) is 0 Å². The summed E-state index contributed by atoms with van der Waals surface area (Å²) in [6, 6.07) is 17.1. The van der Waals surface area contributed by atoms with Crippen molar-refractivity contribution in [2.24, 2.45) is 10.1 Å². The smallest absolute Gasteiger partial charge is 0.283 e. The molecule has 2 aromatic carbocycles. The molecule has 37 heavy (non-hydrogen) atoms. The number of carbonyl (C=O) groups is 1. The number of aromatic nitrogens is 1. The number of amidine groups is 2. The molecular weight excluding hydrogens is 486 g/mol. The van der Waals surface area contributed by atoms with Gasteiger partial charge in [0.05, 0.1) is 18.8 Å². The number of hydrogen-bond donors (Lipinski definition) is 1. The Bertz CT molecular complexity index is 1430. The van der Waals surface area contributed by atoms with Crippen molar-refractivity contribution in [2.75, 3.05) is 13.2 Å². The number of fused-ring (bicyclic) bond motifs is 1. The van der Waals surface area contributed by atoms with E-state index in [0.29, 0.717) is 23.4 Å². The van der Waals surface area contributed by atoms with Gasteiger partial charge in [-0.2, -0.15) is 15.1 Å². The Balaban J connectivity index is 1.17. The molecule has 2 aliphatic heterocycles. The molecule has 0 radical (unpaired) electrons. The molecule has 0 spiro atoms. The lowest BCUT2D eigenvalue weighted by molar-refractivity contribution is -0.114. The second kappa shape index (κ2) is 10.8. The molecule has 0 atom stereocenters. The van der Waals surface area contributed by atoms with Crippen LogP contribution in [0.2, 0.25) is 0 Å². The SMILES string of the molecule is Cc1ccc(OCCCOc2ccc(C=C3C(=N)N4N=C(c5cccnc5)SC4=NC3=O)cc2)cc1C. The molecule has 0 saturated carbocycles. The molecule has 186 valence electrons. The summed E-state index contributed by atoms with van der Waals surface area (Å²) in [5.74, 6) is 1.12. The summed E-state index contributed by atoms with van der Waals surface area (Å²) in [6.45, 7) is 5.24. The topological polar surface area (TPSA) is 100 Å². The highest BCUT2D eigenvalue weighted by molar-refractivity contribution is 8.27. The Morgan fingerprint density at radius 1 is 1.00 bits per heavy atom. The monoisotopic (exact) mass is 511 g/mol. The van der Waals surface area contributed by atoms with Crippen LogP contribution in [-0.4, -0.2) is 45.2 Å². The molecule has 8 nitrogen and oxygen atoms in total. The number of aliphatic imine (C=N–C) groups is 1. The summed E-state index contributed by atoms with van der Waals surface area (Å²) in [6.07, 6.45) is 5.77. The van der Waals surface area contributed by atoms with Gasteiger partial charge in [-0.3, -0.25) is 15.2 Å². The Labute approximate surface area is 219 Å². The van der Waals surface area contributed by atoms with E-state index in [2.05, 4.69) is 35.0 Å². The van der Waals surface area contributed by atoms with E-state index >= 15 is 0 Å². The number of hydrazone groups is 1. The van der Waals surface area contributed by atoms with Gasteiger partial charge < -0.3 is 9.47 Å². The van der Waals surface area contributed by atoms with E-state index in [-0.39, 0.29) is 11.4 Å². The molecule has 3 aromatic rings. The fraction of sp³-hybridized carbons (Fsp3) is 0.179. The summed E-state index contributed by atoms with van der Waals surface area (Å²) in [7, 11) is 0. The highest BCUT2D eigenvalue weighted by Crippen LogP contribution is 2.30. The number of rotatable bonds is 8. The van der Waals surface area contributed by atoms with E-state index < -0.39 is 5.91 Å². The maximum atomic E-state index is 12.7. The molecular formula is C28H25N5O3S. The summed E-state index contributed by atoms with van der Waals surface area (Å²) < 4.78 is 11.6. The molecule has 9 heteroatoms. The van der Waals surface area contributed by atoms with E-state index in [1.807, 2.05) is 48.5 Å². The summed E-state index contributed by atoms with van der Waals surface area (Å²) in [4.78, 5) is 20.9. The van der Waals surface area contributed by atoms with Crippen LogP contribution in [0.5, 0.6) is 11.5 Å². The van der Waals surface area contributed by atoms with Crippen molar-refractivity contribution in [1.82, 2.24) is 9.99 Å². The number of pyridine rings is 1. The number of nitrogens with zero attached hydrogens (tertiary/aromatic N) is 4. The first-order valence-corrected chi connectivity index (χ1v) is 12.6. The van der Waals surface area contributed by atoms with Crippen molar-refractivity contribution in [1.29, 1.82) is 5.41 Å². The minimum Gasteiger partial charge on any atom is -0.493 e. The molecule has 5 rings (SSSR count). The number of thioether (sulfide) groups is 1. The Hall–Kier alpha value is -4.24. The normalized spacial score (nSPS) is 15.9. The minimum absolute atomic E-state index is 0.00881. The van der Waals surface area contributed by atoms with Gasteiger partial charge in [-0.15, -0.1) is 0 Å². The van der Waals surface area contributed by atoms with Gasteiger partial charge in [0, 0.05) is 24.4 Å². The molecule has 1 amide bonds. The zero-order chi connectivity index (χ0) is 25.8. The van der Waals surface area contributed by atoms with Crippen LogP contribution in [0, 0.1) is 19.3 Å². The largest absolute Gasteiger partial charge is 0.493 e. The first-order valence-electron chi connectivity index (χ1n) is 11.8. The third-order valence-corrected chi connectivity index (χ3v) is 6.82. The fourth-order valence-corrected chi connectivity index (χ4v) is 4.55. The van der Waals surface area contributed by atoms with Gasteiger partial charge in [0.25, 0.3) is 5.91 Å². The van der Waals surface area contributed by atoms with Crippen molar-refractivity contribution in [2.45, 2.75) is 20.3 Å². The number of amides is 1. The zero-order valence-corrected chi connectivity index (χ0v) is 21.3. The number of aryl methyl sites for hydroxylation is 2. The van der Waals surface area contributed by atoms with E-state index in [4.69, 9.17) is 14.9 Å². The Morgan fingerprint density at radius 2 is 1.76 bits per heavy atom. The first kappa shape index (κ1) is 24.5. The van der Waals surface area contributed by atoms with Gasteiger partial charge in [-0.05, 0) is 84.8 Å². The molecule has 0 aliphatic carbocycles. The highest BCUT2D eigenvalue weighted by Gasteiger charge is 2.36. The summed E-state index contributed by atoms with van der Waals surface area (Å²) >= 11 is 1.25. The van der Waals surface area contributed by atoms with Gasteiger partial charge in [0.1, 0.15) is 16.5 Å². The predicted molar refractivity (Wildman–Crippen MR) is 146 cm³/mol. The summed E-state index contributed by atoms with van der Waals surface area (Å²) in [5, 5.41) is 15.4. The van der Waals surface area contributed by atoms with Crippen molar-refractivity contribution in [3.63, 3.8) is 0 Å². The van der Waals surface area contributed by atoms with Crippen molar-refractivity contribution in [3.8, 4) is 11.5 Å². The maximum Gasteiger partial charge on any atom is 0.283 e. The van der Waals surface area contributed by atoms with Crippen LogP contribution < -0.4 is 9.47 Å². The zero-order valence-electron chi connectivity index (χ0n) is 20.5. The molecule has 1 aromatic heterocycles. The summed E-state index contributed by atoms with van der Waals surface area (Å²) in [5.41, 5.74) is 4.21. The lowest BCUT2D eigenvalue weighted by atomic mass is 10.1. The standard InChI is InChI=1S/C28H25N5O3S/c1-18-6-9-23(15-19(18)2)36-14-4-13-35-22-10-7-20(8-11-22)16-24-25(29)33-28(31-26(24)34)37-27(32-33)21-5-3-12-30-17-21/h3,5-12,15-17,29H,4,13-14H2,1-2H3. The fourth-order valence-electron chi connectivity index (χ4n) is 3.67. The molecule has 0 saturated heterocycles. The third kappa shape index (κ3) is 5.62. The molecule has 0 unspecified atom stereocenters. The number of hydrogen-bond acceptors (Lipinski definition) is 7. The number of nitrogens with one attached hydrogen (secondary N) is 1. The van der Waals surface area contributed by atoms with Crippen LogP contribution in [0.4, 0.5) is 0 Å². The minimum atomic E-state index is -0.463. The van der Waals surface area contributed by atoms with Gasteiger partial charge in [0.2, 0.25) is 5.17 Å². The average Bonchev–Trinajstić information content (AvgIpc) is 3.34. The molecule has 2 aliphatic rings. The van der Waals surface area contributed by atoms with Gasteiger partial charge >= 0.3 is 0 Å². The van der Waals surface area contributed by atoms with Crippen LogP contribution in [0.1, 0.15) is 28.7 Å². The number of carbonyl (C=O) groups excluding carboxylic acids is 1. The van der Waals surface area contributed by atoms with Crippen LogP contribution >= 0.6 is 11.8 Å². The predicted octanol–water partition coefficient (Wildman–Crippen LogP) is 5.21. The molecule has 0 fully saturated rings. The van der Waals surface area contributed by atoms with Crippen LogP contribution in [0.25, 0.3) is 6.08 Å². The Kier molecular flexibility index (Phi) is 7.14. The second-order valence-electron chi connectivity index (χ2n) is 8.53.